The molecule has 0 atom stereocenters. The van der Waals surface area contributed by atoms with Crippen molar-refractivity contribution in [2.75, 3.05) is 0 Å². The molecule has 0 saturated heterocycles. The zero-order valence-corrected chi connectivity index (χ0v) is 12.1. The number of rotatable bonds is 8. The maximum atomic E-state index is 3.68. The summed E-state index contributed by atoms with van der Waals surface area (Å²) in [7, 11) is 0. The lowest BCUT2D eigenvalue weighted by atomic mass is 10.1. The molecule has 0 fully saturated rings. The first kappa shape index (κ1) is 21.3. The molecule has 17 heavy (non-hydrogen) atoms. The van der Waals surface area contributed by atoms with Crippen LogP contribution in [0.25, 0.3) is 0 Å². The highest BCUT2D eigenvalue weighted by Crippen LogP contribution is 2.04. The molecule has 0 heteroatoms. The van der Waals surface area contributed by atoms with Crippen molar-refractivity contribution in [2.45, 2.75) is 58.8 Å². The fourth-order valence-electron chi connectivity index (χ4n) is 1.12. The largest absolute Gasteiger partial charge is 0.106 e. The molecule has 0 aliphatic carbocycles. The van der Waals surface area contributed by atoms with E-state index in [1.54, 1.807) is 0 Å². The molecule has 0 unspecified atom stereocenters. The molecule has 0 aliphatic rings. The summed E-state index contributed by atoms with van der Waals surface area (Å²) in [4.78, 5) is 0. The monoisotopic (exact) mass is 236 g/mol. The van der Waals surface area contributed by atoms with Gasteiger partial charge in [0.25, 0.3) is 0 Å². The Kier molecular flexibility index (Phi) is 36.8. The van der Waals surface area contributed by atoms with Crippen molar-refractivity contribution < 1.29 is 0 Å². The van der Waals surface area contributed by atoms with Crippen LogP contribution < -0.4 is 0 Å². The van der Waals surface area contributed by atoms with Crippen molar-refractivity contribution >= 4 is 0 Å². The maximum Gasteiger partial charge on any atom is -0.0172 e. The molecule has 0 aliphatic heterocycles. The Morgan fingerprint density at radius 3 is 1.82 bits per heavy atom. The minimum Gasteiger partial charge on any atom is -0.106 e. The third kappa shape index (κ3) is 39.7. The van der Waals surface area contributed by atoms with Crippen LogP contribution in [0.2, 0.25) is 0 Å². The van der Waals surface area contributed by atoms with Crippen molar-refractivity contribution in [3.8, 4) is 0 Å². The van der Waals surface area contributed by atoms with Crippen molar-refractivity contribution in [1.82, 2.24) is 0 Å². The molecular formula is C17H32. The molecular weight excluding hydrogens is 204 g/mol. The van der Waals surface area contributed by atoms with Crippen LogP contribution in [0.5, 0.6) is 0 Å². The van der Waals surface area contributed by atoms with E-state index in [0.717, 1.165) is 6.42 Å². The Balaban J connectivity index is -0.000000213. The quantitative estimate of drug-likeness (QED) is 0.334. The fraction of sp³-hybridized carbons (Fsp3) is 0.529. The van der Waals surface area contributed by atoms with Crippen molar-refractivity contribution in [3.05, 3.63) is 50.6 Å². The van der Waals surface area contributed by atoms with Gasteiger partial charge in [-0.25, -0.2) is 0 Å². The van der Waals surface area contributed by atoms with Crippen LogP contribution in [0.3, 0.4) is 0 Å². The topological polar surface area (TPSA) is 0 Å². The van der Waals surface area contributed by atoms with Gasteiger partial charge in [0.15, 0.2) is 0 Å². The molecule has 100 valence electrons. The zero-order chi connectivity index (χ0) is 13.8. The van der Waals surface area contributed by atoms with Gasteiger partial charge in [-0.1, -0.05) is 56.9 Å². The van der Waals surface area contributed by atoms with Gasteiger partial charge in [0.05, 0.1) is 0 Å². The first-order valence-electron chi connectivity index (χ1n) is 6.66. The molecule has 0 nitrogen and oxygen atoms in total. The molecule has 0 rings (SSSR count). The summed E-state index contributed by atoms with van der Waals surface area (Å²) < 4.78 is 0. The third-order valence-electron chi connectivity index (χ3n) is 2.05. The Labute approximate surface area is 110 Å². The average Bonchev–Trinajstić information content (AvgIpc) is 2.39. The van der Waals surface area contributed by atoms with Crippen molar-refractivity contribution in [1.29, 1.82) is 0 Å². The summed E-state index contributed by atoms with van der Waals surface area (Å²) in [6.07, 6.45) is 17.0. The average molecular weight is 236 g/mol. The number of hydrogen-bond donors (Lipinski definition) is 0. The van der Waals surface area contributed by atoms with Crippen LogP contribution in [0.4, 0.5) is 0 Å². The fourth-order valence-corrected chi connectivity index (χ4v) is 1.12. The van der Waals surface area contributed by atoms with E-state index in [4.69, 9.17) is 0 Å². The highest BCUT2D eigenvalue weighted by Gasteiger charge is 1.84. The molecule has 0 aromatic carbocycles. The van der Waals surface area contributed by atoms with Gasteiger partial charge in [-0.3, -0.25) is 0 Å². The van der Waals surface area contributed by atoms with Gasteiger partial charge in [0, 0.05) is 0 Å². The van der Waals surface area contributed by atoms with E-state index in [-0.39, 0.29) is 0 Å². The summed E-state index contributed by atoms with van der Waals surface area (Å²) in [6.45, 7) is 17.5. The standard InChI is InChI=1S/C9H18.C6H10.C2H4/c1-3-5-7-9-8-6-4-2;1-3-5-6-4-2;1-2/h3H,1,4-9H2,2H3;3-4,6H,1,5H2,2H3;1-2H2/b;6-4+;. The predicted molar refractivity (Wildman–Crippen MR) is 84.5 cm³/mol. The van der Waals surface area contributed by atoms with E-state index in [1.807, 2.05) is 25.2 Å². The second-order valence-electron chi connectivity index (χ2n) is 3.58. The lowest BCUT2D eigenvalue weighted by Gasteiger charge is -1.94. The predicted octanol–water partition coefficient (Wildman–Crippen LogP) is 6.47. The Morgan fingerprint density at radius 1 is 0.882 bits per heavy atom. The molecule has 0 saturated carbocycles. The zero-order valence-electron chi connectivity index (χ0n) is 12.1. The summed E-state index contributed by atoms with van der Waals surface area (Å²) in [6, 6.07) is 0. The van der Waals surface area contributed by atoms with E-state index < -0.39 is 0 Å². The molecule has 0 spiro atoms. The minimum absolute atomic E-state index is 0.997. The van der Waals surface area contributed by atoms with Gasteiger partial charge in [0.2, 0.25) is 0 Å². The first-order chi connectivity index (χ1) is 8.33. The minimum atomic E-state index is 0.997. The van der Waals surface area contributed by atoms with Gasteiger partial charge in [-0.05, 0) is 26.2 Å². The summed E-state index contributed by atoms with van der Waals surface area (Å²) in [5.41, 5.74) is 0. The van der Waals surface area contributed by atoms with Crippen LogP contribution >= 0.6 is 0 Å². The smallest absolute Gasteiger partial charge is 0.0172 e. The SMILES string of the molecule is C=C.C=CC/C=C/C.C=CCCCCCCC. The van der Waals surface area contributed by atoms with E-state index in [2.05, 4.69) is 39.3 Å². The second-order valence-corrected chi connectivity index (χ2v) is 3.58. The van der Waals surface area contributed by atoms with Crippen molar-refractivity contribution in [2.24, 2.45) is 0 Å². The lowest BCUT2D eigenvalue weighted by molar-refractivity contribution is 0.638. The van der Waals surface area contributed by atoms with Crippen LogP contribution in [-0.4, -0.2) is 0 Å². The maximum absolute atomic E-state index is 3.68. The molecule has 0 radical (unpaired) electrons. The Hall–Kier alpha value is -1.04. The van der Waals surface area contributed by atoms with Crippen LogP contribution in [0.15, 0.2) is 50.6 Å². The van der Waals surface area contributed by atoms with Gasteiger partial charge in [-0.15, -0.1) is 26.3 Å². The lowest BCUT2D eigenvalue weighted by Crippen LogP contribution is -1.74. The van der Waals surface area contributed by atoms with Gasteiger partial charge >= 0.3 is 0 Å². The van der Waals surface area contributed by atoms with E-state index in [9.17, 15) is 0 Å². The Bertz CT molecular complexity index is 153. The molecule has 0 bridgehead atoms. The number of unbranched alkanes of at least 4 members (excludes halogenated alkanes) is 5. The molecule has 0 amide bonds. The van der Waals surface area contributed by atoms with Crippen LogP contribution in [0, 0.1) is 0 Å². The number of allylic oxidation sites excluding steroid dienone is 4. The second kappa shape index (κ2) is 29.4. The first-order valence-corrected chi connectivity index (χ1v) is 6.66. The van der Waals surface area contributed by atoms with Crippen LogP contribution in [-0.2, 0) is 0 Å². The van der Waals surface area contributed by atoms with E-state index in [0.29, 0.717) is 0 Å². The molecule has 0 heterocycles. The molecule has 0 aromatic heterocycles. The summed E-state index contributed by atoms with van der Waals surface area (Å²) in [5.74, 6) is 0. The van der Waals surface area contributed by atoms with Crippen LogP contribution in [0.1, 0.15) is 58.8 Å². The highest BCUT2D eigenvalue weighted by molar-refractivity contribution is 4.85. The summed E-state index contributed by atoms with van der Waals surface area (Å²) in [5, 5.41) is 0. The van der Waals surface area contributed by atoms with E-state index >= 15 is 0 Å². The normalized spacial score (nSPS) is 8.59. The highest BCUT2D eigenvalue weighted by atomic mass is 13.9. The molecule has 0 N–H and O–H groups in total. The van der Waals surface area contributed by atoms with Crippen molar-refractivity contribution in [3.63, 3.8) is 0 Å². The Morgan fingerprint density at radius 2 is 1.47 bits per heavy atom. The van der Waals surface area contributed by atoms with Gasteiger partial charge in [0.1, 0.15) is 0 Å². The number of hydrogen-bond acceptors (Lipinski definition) is 0. The third-order valence-corrected chi connectivity index (χ3v) is 2.05. The summed E-state index contributed by atoms with van der Waals surface area (Å²) >= 11 is 0. The van der Waals surface area contributed by atoms with Gasteiger partial charge in [-0.2, -0.15) is 0 Å². The van der Waals surface area contributed by atoms with Gasteiger partial charge < -0.3 is 0 Å². The molecule has 0 aromatic rings. The van der Waals surface area contributed by atoms with E-state index in [1.165, 1.54) is 38.5 Å².